The highest BCUT2D eigenvalue weighted by Crippen LogP contribution is 2.32. The van der Waals surface area contributed by atoms with Gasteiger partial charge in [-0.15, -0.1) is 0 Å². The van der Waals surface area contributed by atoms with E-state index in [9.17, 15) is 5.26 Å². The molecule has 1 aliphatic rings. The van der Waals surface area contributed by atoms with Gasteiger partial charge in [0.05, 0.1) is 11.6 Å². The van der Waals surface area contributed by atoms with E-state index in [1.54, 1.807) is 0 Å². The lowest BCUT2D eigenvalue weighted by molar-refractivity contribution is 0.0300. The molecule has 0 saturated carbocycles. The second kappa shape index (κ2) is 5.75. The Hall–Kier alpha value is -2.05. The summed E-state index contributed by atoms with van der Waals surface area (Å²) in [6, 6.07) is 14.3. The first-order valence-electron chi connectivity index (χ1n) is 7.45. The summed E-state index contributed by atoms with van der Waals surface area (Å²) >= 11 is 0. The van der Waals surface area contributed by atoms with Crippen LogP contribution in [0.1, 0.15) is 25.3 Å². The van der Waals surface area contributed by atoms with E-state index in [0.29, 0.717) is 0 Å². The molecule has 3 nitrogen and oxygen atoms in total. The van der Waals surface area contributed by atoms with Crippen molar-refractivity contribution in [2.75, 3.05) is 25.1 Å². The second-order valence-corrected chi connectivity index (χ2v) is 6.09. The summed E-state index contributed by atoms with van der Waals surface area (Å²) in [5.74, 6) is 0. The molecule has 0 spiro atoms. The van der Waals surface area contributed by atoms with Crippen molar-refractivity contribution in [3.05, 3.63) is 42.0 Å². The maximum Gasteiger partial charge on any atom is 0.0998 e. The van der Waals surface area contributed by atoms with Gasteiger partial charge in [0.1, 0.15) is 0 Å². The Labute approximate surface area is 125 Å². The number of hydrogen-bond donors (Lipinski definition) is 1. The predicted molar refractivity (Wildman–Crippen MR) is 85.3 cm³/mol. The number of nitrogens with zero attached hydrogens (tertiary/aromatic N) is 1. The molecule has 3 heteroatoms. The van der Waals surface area contributed by atoms with Crippen LogP contribution in [-0.2, 0) is 4.74 Å². The zero-order valence-corrected chi connectivity index (χ0v) is 12.4. The Morgan fingerprint density at radius 3 is 2.57 bits per heavy atom. The van der Waals surface area contributed by atoms with E-state index < -0.39 is 0 Å². The third-order valence-corrected chi connectivity index (χ3v) is 4.45. The molecular weight excluding hydrogens is 260 g/mol. The SMILES string of the molecule is CC1(CNc2ccc(C#N)c3ccccc23)CCOCC1. The fourth-order valence-electron chi connectivity index (χ4n) is 2.90. The molecular formula is C18H20N2O. The molecule has 0 bridgehead atoms. The lowest BCUT2D eigenvalue weighted by Crippen LogP contribution is -2.33. The highest BCUT2D eigenvalue weighted by atomic mass is 16.5. The molecule has 21 heavy (non-hydrogen) atoms. The number of benzene rings is 2. The largest absolute Gasteiger partial charge is 0.384 e. The quantitative estimate of drug-likeness (QED) is 0.926. The minimum Gasteiger partial charge on any atom is -0.384 e. The number of anilines is 1. The van der Waals surface area contributed by atoms with Crippen molar-refractivity contribution in [1.82, 2.24) is 0 Å². The van der Waals surface area contributed by atoms with Gasteiger partial charge in [-0.1, -0.05) is 31.2 Å². The first-order valence-corrected chi connectivity index (χ1v) is 7.45. The van der Waals surface area contributed by atoms with Gasteiger partial charge in [-0.05, 0) is 30.4 Å². The van der Waals surface area contributed by atoms with Gasteiger partial charge in [-0.25, -0.2) is 0 Å². The number of nitrogens with one attached hydrogen (secondary N) is 1. The van der Waals surface area contributed by atoms with E-state index >= 15 is 0 Å². The highest BCUT2D eigenvalue weighted by Gasteiger charge is 2.27. The molecule has 0 radical (unpaired) electrons. The molecule has 0 atom stereocenters. The maximum absolute atomic E-state index is 9.22. The number of rotatable bonds is 3. The van der Waals surface area contributed by atoms with Gasteiger partial charge in [-0.3, -0.25) is 0 Å². The molecule has 108 valence electrons. The number of fused-ring (bicyclic) bond motifs is 1. The predicted octanol–water partition coefficient (Wildman–Crippen LogP) is 3.94. The first-order chi connectivity index (χ1) is 10.2. The number of hydrogen-bond acceptors (Lipinski definition) is 3. The zero-order valence-electron chi connectivity index (χ0n) is 12.4. The second-order valence-electron chi connectivity index (χ2n) is 6.09. The molecule has 3 rings (SSSR count). The third kappa shape index (κ3) is 2.86. The van der Waals surface area contributed by atoms with Crippen LogP contribution in [0.3, 0.4) is 0 Å². The van der Waals surface area contributed by atoms with Gasteiger partial charge in [0, 0.05) is 36.2 Å². The fourth-order valence-corrected chi connectivity index (χ4v) is 2.90. The van der Waals surface area contributed by atoms with Crippen LogP contribution in [0.15, 0.2) is 36.4 Å². The van der Waals surface area contributed by atoms with Crippen LogP contribution >= 0.6 is 0 Å². The van der Waals surface area contributed by atoms with Crippen LogP contribution in [0.25, 0.3) is 10.8 Å². The van der Waals surface area contributed by atoms with Gasteiger partial charge in [0.25, 0.3) is 0 Å². The first kappa shape index (κ1) is 13.9. The standard InChI is InChI=1S/C18H20N2O/c1-18(8-10-21-11-9-18)13-20-17-7-6-14(12-19)15-4-2-3-5-16(15)17/h2-7,20H,8-11,13H2,1H3. The summed E-state index contributed by atoms with van der Waals surface area (Å²) in [5.41, 5.74) is 2.12. The molecule has 1 saturated heterocycles. The molecule has 1 N–H and O–H groups in total. The molecule has 0 unspecified atom stereocenters. The summed E-state index contributed by atoms with van der Waals surface area (Å²) < 4.78 is 5.45. The Morgan fingerprint density at radius 1 is 1.14 bits per heavy atom. The van der Waals surface area contributed by atoms with E-state index in [2.05, 4.69) is 24.4 Å². The van der Waals surface area contributed by atoms with E-state index in [4.69, 9.17) is 4.74 Å². The monoisotopic (exact) mass is 280 g/mol. The molecule has 0 aromatic heterocycles. The van der Waals surface area contributed by atoms with E-state index in [0.717, 1.165) is 54.6 Å². The van der Waals surface area contributed by atoms with E-state index in [-0.39, 0.29) is 5.41 Å². The van der Waals surface area contributed by atoms with Gasteiger partial charge in [-0.2, -0.15) is 5.26 Å². The lowest BCUT2D eigenvalue weighted by atomic mass is 9.82. The van der Waals surface area contributed by atoms with E-state index in [1.165, 1.54) is 0 Å². The van der Waals surface area contributed by atoms with Crippen LogP contribution in [0.4, 0.5) is 5.69 Å². The van der Waals surface area contributed by atoms with Gasteiger partial charge < -0.3 is 10.1 Å². The molecule has 1 heterocycles. The number of ether oxygens (including phenoxy) is 1. The molecule has 0 amide bonds. The van der Waals surface area contributed by atoms with Crippen molar-refractivity contribution in [2.45, 2.75) is 19.8 Å². The molecule has 0 aliphatic carbocycles. The normalized spacial score (nSPS) is 17.3. The van der Waals surface area contributed by atoms with Gasteiger partial charge >= 0.3 is 0 Å². The minimum atomic E-state index is 0.285. The van der Waals surface area contributed by atoms with Gasteiger partial charge in [0.15, 0.2) is 0 Å². The summed E-state index contributed by atoms with van der Waals surface area (Å²) in [6.07, 6.45) is 2.18. The van der Waals surface area contributed by atoms with E-state index in [1.807, 2.05) is 30.3 Å². The molecule has 2 aromatic rings. The highest BCUT2D eigenvalue weighted by molar-refractivity contribution is 5.97. The summed E-state index contributed by atoms with van der Waals surface area (Å²) in [6.45, 7) is 4.96. The van der Waals surface area contributed by atoms with Gasteiger partial charge in [0.2, 0.25) is 0 Å². The smallest absolute Gasteiger partial charge is 0.0998 e. The van der Waals surface area contributed by atoms with Crippen molar-refractivity contribution in [2.24, 2.45) is 5.41 Å². The average molecular weight is 280 g/mol. The molecule has 2 aromatic carbocycles. The molecule has 1 aliphatic heterocycles. The van der Waals surface area contributed by atoms with Crippen LogP contribution < -0.4 is 5.32 Å². The summed E-state index contributed by atoms with van der Waals surface area (Å²) in [5, 5.41) is 14.9. The van der Waals surface area contributed by atoms with Crippen molar-refractivity contribution in [3.8, 4) is 6.07 Å². The van der Waals surface area contributed by atoms with Crippen molar-refractivity contribution in [3.63, 3.8) is 0 Å². The Morgan fingerprint density at radius 2 is 1.86 bits per heavy atom. The Balaban J connectivity index is 1.86. The maximum atomic E-state index is 9.22. The average Bonchev–Trinajstić information content (AvgIpc) is 2.53. The zero-order chi connectivity index (χ0) is 14.7. The summed E-state index contributed by atoms with van der Waals surface area (Å²) in [7, 11) is 0. The fraction of sp³-hybridized carbons (Fsp3) is 0.389. The Kier molecular flexibility index (Phi) is 3.81. The van der Waals surface area contributed by atoms with Crippen LogP contribution in [0.2, 0.25) is 0 Å². The molecule has 1 fully saturated rings. The topological polar surface area (TPSA) is 45.0 Å². The Bertz CT molecular complexity index is 681. The van der Waals surface area contributed by atoms with Crippen LogP contribution in [0.5, 0.6) is 0 Å². The minimum absolute atomic E-state index is 0.285. The number of nitriles is 1. The third-order valence-electron chi connectivity index (χ3n) is 4.45. The van der Waals surface area contributed by atoms with Crippen molar-refractivity contribution in [1.29, 1.82) is 5.26 Å². The van der Waals surface area contributed by atoms with Crippen molar-refractivity contribution >= 4 is 16.5 Å². The lowest BCUT2D eigenvalue weighted by Gasteiger charge is -2.34. The van der Waals surface area contributed by atoms with Crippen LogP contribution in [0, 0.1) is 16.7 Å². The van der Waals surface area contributed by atoms with Crippen molar-refractivity contribution < 1.29 is 4.74 Å². The summed E-state index contributed by atoms with van der Waals surface area (Å²) in [4.78, 5) is 0. The van der Waals surface area contributed by atoms with Crippen LogP contribution in [-0.4, -0.2) is 19.8 Å².